The molecule has 2 atom stereocenters. The maximum Gasteiger partial charge on any atom is 0.350 e. The Bertz CT molecular complexity index is 1490. The van der Waals surface area contributed by atoms with Crippen molar-refractivity contribution >= 4 is 5.69 Å². The second kappa shape index (κ2) is 11.9. The molecule has 12 heteroatoms. The topological polar surface area (TPSA) is 97.2 Å². The molecule has 1 N–H and O–H groups in total. The Morgan fingerprint density at radius 1 is 0.951 bits per heavy atom. The van der Waals surface area contributed by atoms with E-state index in [0.29, 0.717) is 26.2 Å². The molecule has 2 unspecified atom stereocenters. The predicted octanol–water partition coefficient (Wildman–Crippen LogP) is 3.36. The molecule has 1 fully saturated rings. The standard InChI is InChI=1S/C29H36F2N8O2/c1-4-23(5-2)39-28(40)38(20-34-39)25-9-7-24(8-10-25)36-14-12-35(13-15-36)21(3)29(41,17-37-19-32-18-33-37)26-11-6-22(30)16-27(26)31/h6-11,16,18-21,23,41H,4-5,12-15,17H2,1-3H3. The number of piperazine rings is 1. The van der Waals surface area contributed by atoms with Gasteiger partial charge in [-0.1, -0.05) is 19.9 Å². The molecule has 2 aromatic heterocycles. The van der Waals surface area contributed by atoms with E-state index in [4.69, 9.17) is 0 Å². The lowest BCUT2D eigenvalue weighted by molar-refractivity contribution is -0.0650. The molecule has 0 radical (unpaired) electrons. The summed E-state index contributed by atoms with van der Waals surface area (Å²) in [6, 6.07) is 10.6. The summed E-state index contributed by atoms with van der Waals surface area (Å²) >= 11 is 0. The lowest BCUT2D eigenvalue weighted by Crippen LogP contribution is -2.57. The second-order valence-corrected chi connectivity index (χ2v) is 10.6. The van der Waals surface area contributed by atoms with Crippen LogP contribution in [0.25, 0.3) is 5.69 Å². The van der Waals surface area contributed by atoms with Crippen LogP contribution < -0.4 is 10.6 Å². The molecule has 218 valence electrons. The molecular formula is C29H36F2N8O2. The fraction of sp³-hybridized carbons (Fsp3) is 0.448. The molecular weight excluding hydrogens is 530 g/mol. The van der Waals surface area contributed by atoms with Crippen LogP contribution >= 0.6 is 0 Å². The first-order chi connectivity index (χ1) is 19.7. The van der Waals surface area contributed by atoms with Crippen LogP contribution in [0.5, 0.6) is 0 Å². The molecule has 2 aromatic carbocycles. The van der Waals surface area contributed by atoms with Crippen molar-refractivity contribution in [3.8, 4) is 5.69 Å². The van der Waals surface area contributed by atoms with E-state index in [1.54, 1.807) is 15.6 Å². The summed E-state index contributed by atoms with van der Waals surface area (Å²) in [6.07, 6.45) is 6.07. The van der Waals surface area contributed by atoms with Gasteiger partial charge in [0.1, 0.15) is 36.2 Å². The number of benzene rings is 2. The van der Waals surface area contributed by atoms with E-state index in [1.807, 2.05) is 45.0 Å². The Balaban J connectivity index is 1.29. The Morgan fingerprint density at radius 2 is 1.63 bits per heavy atom. The van der Waals surface area contributed by atoms with Gasteiger partial charge >= 0.3 is 5.69 Å². The van der Waals surface area contributed by atoms with Crippen molar-refractivity contribution in [3.63, 3.8) is 0 Å². The molecule has 0 bridgehead atoms. The first kappa shape index (κ1) is 28.6. The zero-order valence-electron chi connectivity index (χ0n) is 23.6. The van der Waals surface area contributed by atoms with Crippen molar-refractivity contribution in [2.75, 3.05) is 31.1 Å². The zero-order chi connectivity index (χ0) is 29.1. The van der Waals surface area contributed by atoms with Gasteiger partial charge in [0.05, 0.1) is 18.3 Å². The summed E-state index contributed by atoms with van der Waals surface area (Å²) in [4.78, 5) is 21.2. The van der Waals surface area contributed by atoms with Crippen LogP contribution in [-0.4, -0.2) is 71.3 Å². The van der Waals surface area contributed by atoms with Crippen LogP contribution in [-0.2, 0) is 12.1 Å². The van der Waals surface area contributed by atoms with Crippen molar-refractivity contribution in [1.29, 1.82) is 0 Å². The highest BCUT2D eigenvalue weighted by atomic mass is 19.1. The summed E-state index contributed by atoms with van der Waals surface area (Å²) in [5.74, 6) is -1.51. The minimum absolute atomic E-state index is 0.0164. The molecule has 41 heavy (non-hydrogen) atoms. The van der Waals surface area contributed by atoms with E-state index < -0.39 is 23.3 Å². The highest BCUT2D eigenvalue weighted by molar-refractivity contribution is 5.51. The van der Waals surface area contributed by atoms with Crippen molar-refractivity contribution < 1.29 is 13.9 Å². The van der Waals surface area contributed by atoms with E-state index in [-0.39, 0.29) is 23.8 Å². The van der Waals surface area contributed by atoms with Gasteiger partial charge in [-0.05, 0) is 50.1 Å². The van der Waals surface area contributed by atoms with Crippen molar-refractivity contribution in [2.24, 2.45) is 0 Å². The van der Waals surface area contributed by atoms with Crippen LogP contribution in [0, 0.1) is 11.6 Å². The van der Waals surface area contributed by atoms with Gasteiger partial charge in [-0.2, -0.15) is 10.2 Å². The van der Waals surface area contributed by atoms with Gasteiger partial charge in [0.15, 0.2) is 0 Å². The quantitative estimate of drug-likeness (QED) is 0.314. The summed E-state index contributed by atoms with van der Waals surface area (Å²) in [5.41, 5.74) is -0.0407. The van der Waals surface area contributed by atoms with Crippen LogP contribution in [0.3, 0.4) is 0 Å². The van der Waals surface area contributed by atoms with Gasteiger partial charge in [0.2, 0.25) is 0 Å². The molecule has 1 aliphatic rings. The Hall–Kier alpha value is -3.90. The number of aromatic nitrogens is 6. The van der Waals surface area contributed by atoms with E-state index in [0.717, 1.165) is 36.3 Å². The molecule has 0 spiro atoms. The number of hydrogen-bond acceptors (Lipinski definition) is 7. The normalized spacial score (nSPS) is 16.7. The third-order valence-electron chi connectivity index (χ3n) is 8.30. The molecule has 5 rings (SSSR count). The first-order valence-electron chi connectivity index (χ1n) is 14.0. The monoisotopic (exact) mass is 566 g/mol. The second-order valence-electron chi connectivity index (χ2n) is 10.6. The molecule has 1 saturated heterocycles. The molecule has 3 heterocycles. The van der Waals surface area contributed by atoms with Gasteiger partial charge in [-0.25, -0.2) is 32.5 Å². The van der Waals surface area contributed by atoms with Crippen LogP contribution in [0.4, 0.5) is 14.5 Å². The maximum absolute atomic E-state index is 14.9. The molecule has 1 aliphatic heterocycles. The minimum atomic E-state index is -1.68. The largest absolute Gasteiger partial charge is 0.381 e. The highest BCUT2D eigenvalue weighted by Crippen LogP contribution is 2.33. The Morgan fingerprint density at radius 3 is 2.24 bits per heavy atom. The fourth-order valence-electron chi connectivity index (χ4n) is 5.72. The van der Waals surface area contributed by atoms with Gasteiger partial charge in [-0.15, -0.1) is 0 Å². The smallest absolute Gasteiger partial charge is 0.350 e. The summed E-state index contributed by atoms with van der Waals surface area (Å²) < 4.78 is 33.2. The molecule has 0 aliphatic carbocycles. The number of nitrogens with zero attached hydrogens (tertiary/aromatic N) is 8. The van der Waals surface area contributed by atoms with E-state index in [1.165, 1.54) is 23.4 Å². The van der Waals surface area contributed by atoms with Crippen molar-refractivity contribution in [1.82, 2.24) is 34.0 Å². The third kappa shape index (κ3) is 5.66. The molecule has 10 nitrogen and oxygen atoms in total. The minimum Gasteiger partial charge on any atom is -0.381 e. The van der Waals surface area contributed by atoms with Crippen molar-refractivity contribution in [2.45, 2.75) is 57.8 Å². The van der Waals surface area contributed by atoms with E-state index >= 15 is 0 Å². The van der Waals surface area contributed by atoms with Gasteiger partial charge < -0.3 is 10.0 Å². The van der Waals surface area contributed by atoms with Gasteiger partial charge in [0.25, 0.3) is 0 Å². The van der Waals surface area contributed by atoms with Gasteiger partial charge in [0, 0.05) is 49.5 Å². The Labute approximate surface area is 237 Å². The number of halogens is 2. The first-order valence-corrected chi connectivity index (χ1v) is 14.0. The van der Waals surface area contributed by atoms with Crippen molar-refractivity contribution in [3.05, 3.63) is 89.1 Å². The average molecular weight is 567 g/mol. The lowest BCUT2D eigenvalue weighted by atomic mass is 9.85. The summed E-state index contributed by atoms with van der Waals surface area (Å²) in [7, 11) is 0. The van der Waals surface area contributed by atoms with Crippen LogP contribution in [0.15, 0.2) is 66.2 Å². The predicted molar refractivity (Wildman–Crippen MR) is 151 cm³/mol. The SMILES string of the molecule is CCC(CC)n1ncn(-c2ccc(N3CCN(C(C)C(O)(Cn4cncn4)c4ccc(F)cc4F)CC3)cc2)c1=O. The third-order valence-corrected chi connectivity index (χ3v) is 8.30. The Kier molecular flexibility index (Phi) is 8.32. The number of hydrogen-bond donors (Lipinski definition) is 1. The highest BCUT2D eigenvalue weighted by Gasteiger charge is 2.42. The lowest BCUT2D eigenvalue weighted by Gasteiger charge is -2.45. The van der Waals surface area contributed by atoms with E-state index in [9.17, 15) is 18.7 Å². The van der Waals surface area contributed by atoms with Gasteiger partial charge in [-0.3, -0.25) is 4.90 Å². The fourth-order valence-corrected chi connectivity index (χ4v) is 5.72. The van der Waals surface area contributed by atoms with E-state index in [2.05, 4.69) is 25.0 Å². The molecule has 0 amide bonds. The van der Waals surface area contributed by atoms with Crippen LogP contribution in [0.1, 0.15) is 45.2 Å². The maximum atomic E-state index is 14.9. The molecule has 4 aromatic rings. The molecule has 0 saturated carbocycles. The average Bonchev–Trinajstić information content (AvgIpc) is 3.63. The summed E-state index contributed by atoms with van der Waals surface area (Å²) in [6.45, 7) is 8.51. The van der Waals surface area contributed by atoms with Crippen LogP contribution in [0.2, 0.25) is 0 Å². The zero-order valence-corrected chi connectivity index (χ0v) is 23.6. The number of rotatable bonds is 10. The number of aliphatic hydroxyl groups is 1. The summed E-state index contributed by atoms with van der Waals surface area (Å²) in [5, 5.41) is 20.3. The number of anilines is 1.